The van der Waals surface area contributed by atoms with Crippen LogP contribution in [0.15, 0.2) is 59.9 Å². The van der Waals surface area contributed by atoms with Gasteiger partial charge in [0.25, 0.3) is 0 Å². The summed E-state index contributed by atoms with van der Waals surface area (Å²) in [6, 6.07) is 13.1. The van der Waals surface area contributed by atoms with E-state index in [4.69, 9.17) is 16.3 Å². The second kappa shape index (κ2) is 8.29. The average Bonchev–Trinajstić information content (AvgIpc) is 2.64. The lowest BCUT2D eigenvalue weighted by atomic mass is 10.1. The summed E-state index contributed by atoms with van der Waals surface area (Å²) in [7, 11) is 0. The molecule has 0 aliphatic carbocycles. The normalized spacial score (nSPS) is 10.6. The first-order valence-electron chi connectivity index (χ1n) is 7.70. The highest BCUT2D eigenvalue weighted by Gasteiger charge is 2.17. The molecule has 0 bridgehead atoms. The maximum Gasteiger partial charge on any atom is 0.364 e. The maximum atomic E-state index is 12.9. The molecule has 0 saturated heterocycles. The number of aryl methyl sites for hydroxylation is 1. The van der Waals surface area contributed by atoms with E-state index >= 15 is 0 Å². The van der Waals surface area contributed by atoms with Crippen molar-refractivity contribution in [3.63, 3.8) is 0 Å². The molecule has 0 unspecified atom stereocenters. The molecule has 0 radical (unpaired) electrons. The van der Waals surface area contributed by atoms with Gasteiger partial charge in [0, 0.05) is 5.75 Å². The number of esters is 1. The molecule has 0 amide bonds. The number of carbonyl (C=O) groups is 1. The number of benzene rings is 2. The van der Waals surface area contributed by atoms with Crippen LogP contribution in [0, 0.1) is 12.7 Å². The number of thioether (sulfide) groups is 1. The Morgan fingerprint density at radius 2 is 1.92 bits per heavy atom. The fraction of sp³-hybridized carbons (Fsp3) is 0.105. The van der Waals surface area contributed by atoms with Crippen molar-refractivity contribution in [1.82, 2.24) is 9.97 Å². The van der Waals surface area contributed by atoms with Gasteiger partial charge in [-0.05, 0) is 42.3 Å². The summed E-state index contributed by atoms with van der Waals surface area (Å²) in [5.74, 6) is -0.262. The largest absolute Gasteiger partial charge is 0.422 e. The Bertz CT molecular complexity index is 935. The summed E-state index contributed by atoms with van der Waals surface area (Å²) >= 11 is 7.43. The maximum absolute atomic E-state index is 12.9. The van der Waals surface area contributed by atoms with Crippen LogP contribution in [0.25, 0.3) is 0 Å². The zero-order valence-corrected chi connectivity index (χ0v) is 15.4. The molecule has 0 atom stereocenters. The fourth-order valence-electron chi connectivity index (χ4n) is 2.14. The molecule has 0 aliphatic heterocycles. The number of halogens is 2. The van der Waals surface area contributed by atoms with Crippen molar-refractivity contribution >= 4 is 29.3 Å². The van der Waals surface area contributed by atoms with Gasteiger partial charge in [-0.3, -0.25) is 0 Å². The molecule has 0 aliphatic rings. The van der Waals surface area contributed by atoms with E-state index in [1.54, 1.807) is 0 Å². The Kier molecular flexibility index (Phi) is 5.85. The average molecular weight is 389 g/mol. The number of rotatable bonds is 5. The molecule has 4 nitrogen and oxygen atoms in total. The zero-order chi connectivity index (χ0) is 18.5. The van der Waals surface area contributed by atoms with Gasteiger partial charge >= 0.3 is 5.97 Å². The van der Waals surface area contributed by atoms with Crippen molar-refractivity contribution < 1.29 is 13.9 Å². The van der Waals surface area contributed by atoms with Gasteiger partial charge in [-0.15, -0.1) is 0 Å². The van der Waals surface area contributed by atoms with E-state index in [9.17, 15) is 9.18 Å². The van der Waals surface area contributed by atoms with Crippen molar-refractivity contribution in [3.8, 4) is 5.75 Å². The Balaban J connectivity index is 1.73. The molecular formula is C19H14ClFN2O2S. The highest BCUT2D eigenvalue weighted by molar-refractivity contribution is 7.98. The Morgan fingerprint density at radius 1 is 1.19 bits per heavy atom. The summed E-state index contributed by atoms with van der Waals surface area (Å²) in [5, 5.41) is 0.515. The highest BCUT2D eigenvalue weighted by Crippen LogP contribution is 2.24. The van der Waals surface area contributed by atoms with Crippen molar-refractivity contribution in [2.45, 2.75) is 17.8 Å². The van der Waals surface area contributed by atoms with Gasteiger partial charge in [-0.1, -0.05) is 47.6 Å². The molecule has 0 fully saturated rings. The topological polar surface area (TPSA) is 52.1 Å². The first-order valence-corrected chi connectivity index (χ1v) is 9.07. The lowest BCUT2D eigenvalue weighted by Crippen LogP contribution is -2.12. The molecule has 26 heavy (non-hydrogen) atoms. The van der Waals surface area contributed by atoms with Gasteiger partial charge < -0.3 is 4.74 Å². The molecular weight excluding hydrogens is 375 g/mol. The molecule has 0 spiro atoms. The molecule has 1 heterocycles. The van der Waals surface area contributed by atoms with Crippen LogP contribution in [0.1, 0.15) is 21.6 Å². The summed E-state index contributed by atoms with van der Waals surface area (Å²) in [6.45, 7) is 2.03. The Morgan fingerprint density at radius 3 is 2.65 bits per heavy atom. The Hall–Kier alpha value is -2.44. The van der Waals surface area contributed by atoms with Crippen LogP contribution in [-0.2, 0) is 5.75 Å². The standard InChI is InChI=1S/C19H14ClFN2O2S/c1-12-4-2-3-5-13(12)11-26-19-22-10-16(20)17(23-19)18(24)25-15-8-6-14(21)7-9-15/h2-10H,11H2,1H3. The number of ether oxygens (including phenoxy) is 1. The van der Waals surface area contributed by atoms with Crippen LogP contribution in [0.3, 0.4) is 0 Å². The third-order valence-corrected chi connectivity index (χ3v) is 4.74. The van der Waals surface area contributed by atoms with Gasteiger partial charge in [0.15, 0.2) is 10.9 Å². The number of aromatic nitrogens is 2. The monoisotopic (exact) mass is 388 g/mol. The molecule has 132 valence electrons. The molecule has 1 aromatic heterocycles. The van der Waals surface area contributed by atoms with E-state index in [0.29, 0.717) is 10.9 Å². The zero-order valence-electron chi connectivity index (χ0n) is 13.8. The molecule has 3 aromatic rings. The number of hydrogen-bond acceptors (Lipinski definition) is 5. The smallest absolute Gasteiger partial charge is 0.364 e. The third kappa shape index (κ3) is 4.59. The molecule has 7 heteroatoms. The van der Waals surface area contributed by atoms with Crippen molar-refractivity contribution in [2.75, 3.05) is 0 Å². The van der Waals surface area contributed by atoms with Gasteiger partial charge in [0.1, 0.15) is 11.6 Å². The van der Waals surface area contributed by atoms with Gasteiger partial charge in [-0.2, -0.15) is 0 Å². The van der Waals surface area contributed by atoms with E-state index in [2.05, 4.69) is 9.97 Å². The predicted molar refractivity (Wildman–Crippen MR) is 99.1 cm³/mol. The van der Waals surface area contributed by atoms with E-state index in [1.165, 1.54) is 47.8 Å². The highest BCUT2D eigenvalue weighted by atomic mass is 35.5. The lowest BCUT2D eigenvalue weighted by molar-refractivity contribution is 0.0727. The van der Waals surface area contributed by atoms with Crippen molar-refractivity contribution in [3.05, 3.63) is 82.4 Å². The SMILES string of the molecule is Cc1ccccc1CSc1ncc(Cl)c(C(=O)Oc2ccc(F)cc2)n1. The molecule has 3 rings (SSSR count). The minimum absolute atomic E-state index is 0.0294. The van der Waals surface area contributed by atoms with Crippen LogP contribution in [-0.4, -0.2) is 15.9 Å². The van der Waals surface area contributed by atoms with Crippen LogP contribution in [0.2, 0.25) is 5.02 Å². The van der Waals surface area contributed by atoms with Gasteiger partial charge in [0.2, 0.25) is 0 Å². The quantitative estimate of drug-likeness (QED) is 0.264. The first-order chi connectivity index (χ1) is 12.5. The molecule has 0 saturated carbocycles. The lowest BCUT2D eigenvalue weighted by Gasteiger charge is -2.07. The van der Waals surface area contributed by atoms with E-state index in [1.807, 2.05) is 31.2 Å². The van der Waals surface area contributed by atoms with Gasteiger partial charge in [-0.25, -0.2) is 19.2 Å². The number of carbonyl (C=O) groups excluding carboxylic acids is 1. The first kappa shape index (κ1) is 18.4. The van der Waals surface area contributed by atoms with Gasteiger partial charge in [0.05, 0.1) is 11.2 Å². The van der Waals surface area contributed by atoms with Crippen LogP contribution in [0.4, 0.5) is 4.39 Å². The molecule has 0 N–H and O–H groups in total. The minimum atomic E-state index is -0.721. The van der Waals surface area contributed by atoms with Crippen molar-refractivity contribution in [2.24, 2.45) is 0 Å². The third-order valence-electron chi connectivity index (χ3n) is 3.56. The number of nitrogens with zero attached hydrogens (tertiary/aromatic N) is 2. The van der Waals surface area contributed by atoms with Crippen LogP contribution in [0.5, 0.6) is 5.75 Å². The predicted octanol–water partition coefficient (Wildman–Crippen LogP) is 5.09. The second-order valence-electron chi connectivity index (χ2n) is 5.41. The van der Waals surface area contributed by atoms with Crippen molar-refractivity contribution in [1.29, 1.82) is 0 Å². The summed E-state index contributed by atoms with van der Waals surface area (Å²) in [4.78, 5) is 20.6. The summed E-state index contributed by atoms with van der Waals surface area (Å²) in [5.41, 5.74) is 2.30. The van der Waals surface area contributed by atoms with Crippen LogP contribution >= 0.6 is 23.4 Å². The van der Waals surface area contributed by atoms with E-state index < -0.39 is 11.8 Å². The minimum Gasteiger partial charge on any atom is -0.422 e. The van der Waals surface area contributed by atoms with Crippen LogP contribution < -0.4 is 4.74 Å². The summed E-state index contributed by atoms with van der Waals surface area (Å²) in [6.07, 6.45) is 1.37. The van der Waals surface area contributed by atoms with E-state index in [-0.39, 0.29) is 16.5 Å². The number of hydrogen-bond donors (Lipinski definition) is 0. The second-order valence-corrected chi connectivity index (χ2v) is 6.76. The van der Waals surface area contributed by atoms with E-state index in [0.717, 1.165) is 5.56 Å². The molecule has 2 aromatic carbocycles. The fourth-order valence-corrected chi connectivity index (χ4v) is 3.20. The Labute approximate surface area is 159 Å². The summed E-state index contributed by atoms with van der Waals surface area (Å²) < 4.78 is 18.1.